The second-order valence-corrected chi connectivity index (χ2v) is 15.9. The molecule has 290 valence electrons. The summed E-state index contributed by atoms with van der Waals surface area (Å²) in [6, 6.07) is 72.2. The predicted octanol–water partition coefficient (Wildman–Crippen LogP) is 16.4. The van der Waals surface area contributed by atoms with Crippen LogP contribution in [0.4, 0.5) is 17.1 Å². The first-order chi connectivity index (χ1) is 30.7. The molecule has 62 heavy (non-hydrogen) atoms. The lowest BCUT2D eigenvalue weighted by Crippen LogP contribution is -2.11. The van der Waals surface area contributed by atoms with E-state index in [4.69, 9.17) is 18.2 Å². The van der Waals surface area contributed by atoms with Gasteiger partial charge < -0.3 is 18.2 Å². The fraction of sp³-hybridized carbons (Fsp3) is 0. The summed E-state index contributed by atoms with van der Waals surface area (Å²) < 4.78 is 19.6. The van der Waals surface area contributed by atoms with Crippen molar-refractivity contribution in [3.05, 3.63) is 206 Å². The number of hydrogen-bond donors (Lipinski definition) is 0. The fourth-order valence-electron chi connectivity index (χ4n) is 9.37. The van der Waals surface area contributed by atoms with Crippen LogP contribution in [0.2, 0.25) is 0 Å². The number of para-hydroxylation sites is 3. The molecule has 0 bridgehead atoms. The number of oxazole rings is 1. The minimum atomic E-state index is 0.617. The van der Waals surface area contributed by atoms with Crippen LogP contribution in [0.1, 0.15) is 0 Å². The quantitative estimate of drug-likeness (QED) is 0.168. The topological polar surface area (TPSA) is 55.6 Å². The largest absolute Gasteiger partial charge is 0.456 e. The molecule has 3 aromatic heterocycles. The Morgan fingerprint density at radius 1 is 0.355 bits per heavy atom. The van der Waals surface area contributed by atoms with Crippen molar-refractivity contribution in [3.8, 4) is 33.7 Å². The number of furan rings is 2. The molecule has 0 saturated carbocycles. The summed E-state index contributed by atoms with van der Waals surface area (Å²) in [5.74, 6) is 0.617. The number of benzene rings is 10. The molecule has 0 fully saturated rings. The van der Waals surface area contributed by atoms with Crippen molar-refractivity contribution in [2.24, 2.45) is 0 Å². The Morgan fingerprint density at radius 3 is 1.95 bits per heavy atom. The first-order valence-electron chi connectivity index (χ1n) is 20.8. The second-order valence-electron chi connectivity index (χ2n) is 15.9. The van der Waals surface area contributed by atoms with Gasteiger partial charge in [-0.05, 0) is 105 Å². The van der Waals surface area contributed by atoms with Crippen LogP contribution in [-0.2, 0) is 0 Å². The van der Waals surface area contributed by atoms with E-state index < -0.39 is 0 Å². The van der Waals surface area contributed by atoms with Crippen LogP contribution >= 0.6 is 0 Å². The highest BCUT2D eigenvalue weighted by Gasteiger charge is 2.24. The molecule has 0 aliphatic carbocycles. The lowest BCUT2D eigenvalue weighted by Gasteiger charge is -2.27. The molecule has 0 aliphatic heterocycles. The van der Waals surface area contributed by atoms with Gasteiger partial charge in [0.15, 0.2) is 11.2 Å². The van der Waals surface area contributed by atoms with E-state index in [-0.39, 0.29) is 0 Å². The van der Waals surface area contributed by atoms with Crippen molar-refractivity contribution in [2.75, 3.05) is 4.90 Å². The SMILES string of the molecule is c1ccc(-c2cc(N(c3cccc4c3oc3ccccc34)c3cccc4oc5ccccc5c34)ccc2-c2ccc3c(ccc4oc(-c5ccc6ccccc6c5)nc43)c2)cc1. The molecule has 3 heterocycles. The van der Waals surface area contributed by atoms with Crippen LogP contribution in [-0.4, -0.2) is 4.98 Å². The second kappa shape index (κ2) is 13.6. The van der Waals surface area contributed by atoms with Crippen molar-refractivity contribution < 1.29 is 13.3 Å². The molecule has 13 aromatic rings. The third-order valence-electron chi connectivity index (χ3n) is 12.3. The van der Waals surface area contributed by atoms with E-state index in [2.05, 4.69) is 175 Å². The van der Waals surface area contributed by atoms with E-state index >= 15 is 0 Å². The summed E-state index contributed by atoms with van der Waals surface area (Å²) in [4.78, 5) is 7.39. The molecule has 0 N–H and O–H groups in total. The third kappa shape index (κ3) is 5.38. The van der Waals surface area contributed by atoms with Crippen molar-refractivity contribution >= 4 is 93.6 Å². The molecule has 0 spiro atoms. The zero-order valence-corrected chi connectivity index (χ0v) is 33.2. The van der Waals surface area contributed by atoms with Gasteiger partial charge in [0.2, 0.25) is 5.89 Å². The van der Waals surface area contributed by atoms with Crippen molar-refractivity contribution in [3.63, 3.8) is 0 Å². The Bertz CT molecular complexity index is 3890. The normalized spacial score (nSPS) is 11.9. The minimum absolute atomic E-state index is 0.617. The van der Waals surface area contributed by atoms with Crippen LogP contribution < -0.4 is 4.90 Å². The molecule has 5 heteroatoms. The molecule has 0 aliphatic rings. The maximum absolute atomic E-state index is 6.73. The zero-order chi connectivity index (χ0) is 40.7. The molecule has 10 aromatic carbocycles. The molecule has 5 nitrogen and oxygen atoms in total. The smallest absolute Gasteiger partial charge is 0.227 e. The Morgan fingerprint density at radius 2 is 1.05 bits per heavy atom. The summed E-state index contributed by atoms with van der Waals surface area (Å²) in [6.07, 6.45) is 0. The summed E-state index contributed by atoms with van der Waals surface area (Å²) >= 11 is 0. The first-order valence-corrected chi connectivity index (χ1v) is 20.8. The monoisotopic (exact) mass is 794 g/mol. The summed E-state index contributed by atoms with van der Waals surface area (Å²) in [7, 11) is 0. The van der Waals surface area contributed by atoms with E-state index in [1.807, 2.05) is 36.4 Å². The Labute approximate surface area is 355 Å². The molecule has 13 rings (SSSR count). The number of fused-ring (bicyclic) bond motifs is 10. The molecule has 0 amide bonds. The highest BCUT2D eigenvalue weighted by molar-refractivity contribution is 6.16. The number of anilines is 3. The lowest BCUT2D eigenvalue weighted by atomic mass is 9.92. The van der Waals surface area contributed by atoms with Gasteiger partial charge in [-0.2, -0.15) is 0 Å². The van der Waals surface area contributed by atoms with Gasteiger partial charge in [0, 0.05) is 32.8 Å². The number of nitrogens with zero attached hydrogens (tertiary/aromatic N) is 2. The predicted molar refractivity (Wildman–Crippen MR) is 255 cm³/mol. The molecule has 0 saturated heterocycles. The molecule has 0 unspecified atom stereocenters. The standard InChI is InChI=1S/C57H34N2O3/c1-2-13-36(14-3-1)47-34-41(28-30-42(47)38-26-29-43-39(33-38)27-31-53-55(43)58-57(62-53)40-25-24-35-12-4-5-15-37(35)32-40)59(48-19-11-23-52-54(48)46-17-7-9-22-51(46)60-52)49-20-10-18-45-44-16-6-8-21-50(44)61-56(45)49/h1-34H. The lowest BCUT2D eigenvalue weighted by molar-refractivity contribution is 0.620. The van der Waals surface area contributed by atoms with Crippen LogP contribution in [0.15, 0.2) is 220 Å². The maximum atomic E-state index is 6.73. The van der Waals surface area contributed by atoms with E-state index in [0.29, 0.717) is 5.89 Å². The molecule has 0 radical (unpaired) electrons. The average Bonchev–Trinajstić information content (AvgIpc) is 4.06. The Kier molecular flexibility index (Phi) is 7.54. The van der Waals surface area contributed by atoms with Gasteiger partial charge >= 0.3 is 0 Å². The highest BCUT2D eigenvalue weighted by atomic mass is 16.3. The Hall–Kier alpha value is -8.41. The van der Waals surface area contributed by atoms with E-state index in [0.717, 1.165) is 116 Å². The Balaban J connectivity index is 1.00. The summed E-state index contributed by atoms with van der Waals surface area (Å²) in [6.45, 7) is 0. The molecular weight excluding hydrogens is 761 g/mol. The summed E-state index contributed by atoms with van der Waals surface area (Å²) in [5.41, 5.74) is 13.3. The molecule has 0 atom stereocenters. The highest BCUT2D eigenvalue weighted by Crippen LogP contribution is 2.48. The minimum Gasteiger partial charge on any atom is -0.456 e. The average molecular weight is 795 g/mol. The zero-order valence-electron chi connectivity index (χ0n) is 33.2. The fourth-order valence-corrected chi connectivity index (χ4v) is 9.37. The van der Waals surface area contributed by atoms with Gasteiger partial charge in [-0.25, -0.2) is 4.98 Å². The van der Waals surface area contributed by atoms with Gasteiger partial charge in [0.25, 0.3) is 0 Å². The van der Waals surface area contributed by atoms with E-state index in [1.165, 1.54) is 5.39 Å². The number of aromatic nitrogens is 1. The number of hydrogen-bond acceptors (Lipinski definition) is 5. The van der Waals surface area contributed by atoms with Crippen LogP contribution in [0, 0.1) is 0 Å². The van der Waals surface area contributed by atoms with E-state index in [1.54, 1.807) is 0 Å². The van der Waals surface area contributed by atoms with Gasteiger partial charge in [-0.3, -0.25) is 0 Å². The number of rotatable bonds is 6. The molecular formula is C57H34N2O3. The van der Waals surface area contributed by atoms with Crippen molar-refractivity contribution in [1.29, 1.82) is 0 Å². The van der Waals surface area contributed by atoms with Crippen molar-refractivity contribution in [2.45, 2.75) is 0 Å². The van der Waals surface area contributed by atoms with Gasteiger partial charge in [0.05, 0.1) is 16.8 Å². The maximum Gasteiger partial charge on any atom is 0.227 e. The van der Waals surface area contributed by atoms with Gasteiger partial charge in [-0.15, -0.1) is 0 Å². The third-order valence-corrected chi connectivity index (χ3v) is 12.3. The van der Waals surface area contributed by atoms with Crippen LogP contribution in [0.3, 0.4) is 0 Å². The van der Waals surface area contributed by atoms with E-state index in [9.17, 15) is 0 Å². The first kappa shape index (κ1) is 34.5. The van der Waals surface area contributed by atoms with Crippen molar-refractivity contribution in [1.82, 2.24) is 4.98 Å². The van der Waals surface area contributed by atoms with Crippen LogP contribution in [0.5, 0.6) is 0 Å². The van der Waals surface area contributed by atoms with Gasteiger partial charge in [-0.1, -0.05) is 140 Å². The van der Waals surface area contributed by atoms with Gasteiger partial charge in [0.1, 0.15) is 22.3 Å². The summed E-state index contributed by atoms with van der Waals surface area (Å²) in [5, 5.41) is 8.73. The van der Waals surface area contributed by atoms with Crippen LogP contribution in [0.25, 0.3) is 110 Å².